The summed E-state index contributed by atoms with van der Waals surface area (Å²) >= 11 is -3.02. The number of hydrogen-bond acceptors (Lipinski definition) is 3. The van der Waals surface area contributed by atoms with Gasteiger partial charge in [0.15, 0.2) is 0 Å². The van der Waals surface area contributed by atoms with Crippen LogP contribution in [0.3, 0.4) is 0 Å². The van der Waals surface area contributed by atoms with Gasteiger partial charge in [-0.3, -0.25) is 0 Å². The molecule has 0 saturated carbocycles. The van der Waals surface area contributed by atoms with Gasteiger partial charge in [0.05, 0.1) is 0 Å². The van der Waals surface area contributed by atoms with Gasteiger partial charge >= 0.3 is 110 Å². The van der Waals surface area contributed by atoms with Crippen LogP contribution >= 0.6 is 20.6 Å². The van der Waals surface area contributed by atoms with E-state index in [9.17, 15) is 18.0 Å². The van der Waals surface area contributed by atoms with Crippen molar-refractivity contribution in [2.45, 2.75) is 25.6 Å². The van der Waals surface area contributed by atoms with Crippen molar-refractivity contribution >= 4 is 26.6 Å². The maximum absolute atomic E-state index is 13.1. The molecule has 0 aliphatic carbocycles. The Kier molecular flexibility index (Phi) is 3.30. The molecule has 1 aromatic carbocycles. The second-order valence-electron chi connectivity index (χ2n) is 3.87. The Bertz CT molecular complexity index is 489. The molecular formula is C11H10F3IO3. The third kappa shape index (κ3) is 2.09. The van der Waals surface area contributed by atoms with E-state index in [-0.39, 0.29) is 5.56 Å². The normalized spacial score (nSPS) is 24.8. The SMILES string of the molecule is CC(=O)OI1OC(C)(C(F)(F)F)c2ccccc21. The van der Waals surface area contributed by atoms with Crippen LogP contribution in [0.5, 0.6) is 0 Å². The van der Waals surface area contributed by atoms with Gasteiger partial charge in [0.25, 0.3) is 0 Å². The van der Waals surface area contributed by atoms with E-state index in [0.29, 0.717) is 3.57 Å². The fourth-order valence-electron chi connectivity index (χ4n) is 1.56. The summed E-state index contributed by atoms with van der Waals surface area (Å²) < 4.78 is 49.7. The molecule has 7 heteroatoms. The minimum absolute atomic E-state index is 0.0453. The molecule has 1 aliphatic heterocycles. The van der Waals surface area contributed by atoms with Crippen LogP contribution in [0.2, 0.25) is 0 Å². The van der Waals surface area contributed by atoms with Gasteiger partial charge in [-0.15, -0.1) is 0 Å². The Morgan fingerprint density at radius 1 is 1.39 bits per heavy atom. The number of halogens is 4. The Balaban J connectivity index is 2.48. The van der Waals surface area contributed by atoms with E-state index in [1.807, 2.05) is 0 Å². The first kappa shape index (κ1) is 13.6. The first-order valence-corrected chi connectivity index (χ1v) is 7.84. The fraction of sp³-hybridized carbons (Fsp3) is 0.364. The van der Waals surface area contributed by atoms with Gasteiger partial charge in [-0.25, -0.2) is 0 Å². The van der Waals surface area contributed by atoms with Crippen molar-refractivity contribution in [3.8, 4) is 0 Å². The van der Waals surface area contributed by atoms with E-state index in [1.54, 1.807) is 6.07 Å². The van der Waals surface area contributed by atoms with Crippen LogP contribution in [-0.4, -0.2) is 12.1 Å². The predicted octanol–water partition coefficient (Wildman–Crippen LogP) is 3.56. The number of alkyl halides is 3. The van der Waals surface area contributed by atoms with Gasteiger partial charge < -0.3 is 0 Å². The molecule has 0 amide bonds. The van der Waals surface area contributed by atoms with Crippen LogP contribution in [0.25, 0.3) is 0 Å². The molecule has 0 spiro atoms. The summed E-state index contributed by atoms with van der Waals surface area (Å²) in [5.41, 5.74) is -2.34. The summed E-state index contributed by atoms with van der Waals surface area (Å²) in [6.45, 7) is 2.12. The summed E-state index contributed by atoms with van der Waals surface area (Å²) in [7, 11) is 0. The Morgan fingerprint density at radius 2 is 2.00 bits per heavy atom. The summed E-state index contributed by atoms with van der Waals surface area (Å²) in [6.07, 6.45) is -4.55. The van der Waals surface area contributed by atoms with E-state index in [1.165, 1.54) is 18.2 Å². The number of carbonyl (C=O) groups is 1. The van der Waals surface area contributed by atoms with Gasteiger partial charge in [-0.05, 0) is 0 Å². The molecule has 100 valence electrons. The van der Waals surface area contributed by atoms with Gasteiger partial charge in [-0.1, -0.05) is 0 Å². The molecule has 0 bridgehead atoms. The molecule has 1 atom stereocenters. The van der Waals surface area contributed by atoms with E-state index >= 15 is 0 Å². The molecule has 0 fully saturated rings. The molecule has 18 heavy (non-hydrogen) atoms. The number of rotatable bonds is 1. The number of carbonyl (C=O) groups excluding carboxylic acids is 1. The van der Waals surface area contributed by atoms with Crippen molar-refractivity contribution in [1.82, 2.24) is 0 Å². The third-order valence-corrected chi connectivity index (χ3v) is 6.69. The van der Waals surface area contributed by atoms with Crippen LogP contribution in [0, 0.1) is 3.57 Å². The zero-order chi connectivity index (χ0) is 13.6. The molecule has 1 aromatic rings. The average Bonchev–Trinajstić information content (AvgIpc) is 2.53. The van der Waals surface area contributed by atoms with E-state index < -0.39 is 38.4 Å². The standard InChI is InChI=1S/C11H10F3IO3/c1-7(16)17-15-9-6-4-3-5-8(9)10(2,18-15)11(12,13)14/h3-6H,1-2H3. The van der Waals surface area contributed by atoms with Gasteiger partial charge in [0, 0.05) is 0 Å². The molecular weight excluding hydrogens is 364 g/mol. The van der Waals surface area contributed by atoms with Crippen LogP contribution in [0.15, 0.2) is 24.3 Å². The second kappa shape index (κ2) is 4.37. The Hall–Kier alpha value is -0.830. The molecule has 1 heterocycles. The molecule has 3 nitrogen and oxygen atoms in total. The van der Waals surface area contributed by atoms with Gasteiger partial charge in [0.2, 0.25) is 0 Å². The van der Waals surface area contributed by atoms with Crippen LogP contribution < -0.4 is 0 Å². The number of hydrogen-bond donors (Lipinski definition) is 0. The summed E-state index contributed by atoms with van der Waals surface area (Å²) in [4.78, 5) is 10.9. The maximum atomic E-state index is 13.1. The Morgan fingerprint density at radius 3 is 2.56 bits per heavy atom. The summed E-state index contributed by atoms with van der Waals surface area (Å²) in [6, 6.07) is 6.02. The van der Waals surface area contributed by atoms with Crippen molar-refractivity contribution in [1.29, 1.82) is 0 Å². The van der Waals surface area contributed by atoms with E-state index in [0.717, 1.165) is 13.8 Å². The quantitative estimate of drug-likeness (QED) is 0.706. The second-order valence-corrected chi connectivity index (χ2v) is 7.16. The van der Waals surface area contributed by atoms with E-state index in [2.05, 4.69) is 0 Å². The predicted molar refractivity (Wildman–Crippen MR) is 65.4 cm³/mol. The van der Waals surface area contributed by atoms with Crippen LogP contribution in [-0.2, 0) is 16.5 Å². The van der Waals surface area contributed by atoms with Gasteiger partial charge in [-0.2, -0.15) is 0 Å². The summed E-state index contributed by atoms with van der Waals surface area (Å²) in [5.74, 6) is -0.624. The van der Waals surface area contributed by atoms with Crippen LogP contribution in [0.1, 0.15) is 19.4 Å². The van der Waals surface area contributed by atoms with Crippen molar-refractivity contribution in [2.75, 3.05) is 0 Å². The van der Waals surface area contributed by atoms with Crippen molar-refractivity contribution in [2.24, 2.45) is 0 Å². The Labute approximate surface area is 110 Å². The zero-order valence-electron chi connectivity index (χ0n) is 9.55. The zero-order valence-corrected chi connectivity index (χ0v) is 11.7. The van der Waals surface area contributed by atoms with Gasteiger partial charge in [0.1, 0.15) is 0 Å². The molecule has 1 aliphatic rings. The monoisotopic (exact) mass is 374 g/mol. The fourth-order valence-corrected chi connectivity index (χ4v) is 5.64. The third-order valence-electron chi connectivity index (χ3n) is 2.50. The topological polar surface area (TPSA) is 35.5 Å². The van der Waals surface area contributed by atoms with Crippen molar-refractivity contribution < 1.29 is 24.1 Å². The average molecular weight is 374 g/mol. The summed E-state index contributed by atoms with van der Waals surface area (Å²) in [5, 5.41) is 0. The van der Waals surface area contributed by atoms with Crippen molar-refractivity contribution in [3.63, 3.8) is 0 Å². The first-order chi connectivity index (χ1) is 8.25. The van der Waals surface area contributed by atoms with Crippen molar-refractivity contribution in [3.05, 3.63) is 33.4 Å². The van der Waals surface area contributed by atoms with Crippen LogP contribution in [0.4, 0.5) is 13.2 Å². The molecule has 0 radical (unpaired) electrons. The minimum atomic E-state index is -4.55. The first-order valence-electron chi connectivity index (χ1n) is 5.00. The molecule has 0 N–H and O–H groups in total. The molecule has 1 unspecified atom stereocenters. The van der Waals surface area contributed by atoms with E-state index in [4.69, 9.17) is 6.13 Å². The number of fused-ring (bicyclic) bond motifs is 1. The molecule has 0 aromatic heterocycles. The molecule has 2 rings (SSSR count). The molecule has 0 saturated heterocycles. The number of benzene rings is 1.